The molecular formula is C19H22FN3O2. The maximum atomic E-state index is 13.8. The smallest absolute Gasteiger partial charge is 0.322 e. The molecule has 1 aliphatic heterocycles. The third kappa shape index (κ3) is 4.48. The summed E-state index contributed by atoms with van der Waals surface area (Å²) in [5.74, 6) is 0.484. The first kappa shape index (κ1) is 17.2. The van der Waals surface area contributed by atoms with Gasteiger partial charge >= 0.3 is 6.03 Å². The molecule has 0 bridgehead atoms. The second kappa shape index (κ2) is 7.98. The summed E-state index contributed by atoms with van der Waals surface area (Å²) in [4.78, 5) is 16.3. The van der Waals surface area contributed by atoms with Gasteiger partial charge in [0.15, 0.2) is 0 Å². The first-order valence-corrected chi connectivity index (χ1v) is 8.31. The number of carbonyl (C=O) groups is 1. The molecular weight excluding hydrogens is 321 g/mol. The standard InChI is InChI=1S/C19H22FN3O2/c1-25-17-8-4-7-16(12-17)21-19(24)23-11-5-10-22(14-23)13-15-6-2-3-9-18(15)20/h2-4,6-9,12H,5,10-11,13-14H2,1H3,(H,21,24). The van der Waals surface area contributed by atoms with Gasteiger partial charge in [-0.1, -0.05) is 24.3 Å². The molecule has 1 heterocycles. The Balaban J connectivity index is 1.60. The molecule has 132 valence electrons. The number of amides is 2. The van der Waals surface area contributed by atoms with Crippen molar-refractivity contribution in [2.24, 2.45) is 0 Å². The summed E-state index contributed by atoms with van der Waals surface area (Å²) in [6, 6.07) is 13.9. The monoisotopic (exact) mass is 343 g/mol. The molecule has 1 saturated heterocycles. The van der Waals surface area contributed by atoms with Crippen LogP contribution in [0.5, 0.6) is 5.75 Å². The molecule has 0 saturated carbocycles. The van der Waals surface area contributed by atoms with Crippen molar-refractivity contribution in [3.63, 3.8) is 0 Å². The number of hydrogen-bond acceptors (Lipinski definition) is 3. The van der Waals surface area contributed by atoms with Gasteiger partial charge in [-0.3, -0.25) is 4.90 Å². The number of hydrogen-bond donors (Lipinski definition) is 1. The number of carbonyl (C=O) groups excluding carboxylic acids is 1. The minimum atomic E-state index is -0.208. The van der Waals surface area contributed by atoms with Gasteiger partial charge in [-0.2, -0.15) is 0 Å². The Morgan fingerprint density at radius 1 is 1.20 bits per heavy atom. The molecule has 5 nitrogen and oxygen atoms in total. The highest BCUT2D eigenvalue weighted by atomic mass is 19.1. The van der Waals surface area contributed by atoms with E-state index in [0.717, 1.165) is 13.0 Å². The zero-order chi connectivity index (χ0) is 17.6. The summed E-state index contributed by atoms with van der Waals surface area (Å²) in [5.41, 5.74) is 1.34. The minimum absolute atomic E-state index is 0.161. The van der Waals surface area contributed by atoms with E-state index in [1.807, 2.05) is 24.3 Å². The van der Waals surface area contributed by atoms with Gasteiger partial charge in [0.2, 0.25) is 0 Å². The Hall–Kier alpha value is -2.60. The Labute approximate surface area is 147 Å². The summed E-state index contributed by atoms with van der Waals surface area (Å²) in [6.07, 6.45) is 0.861. The van der Waals surface area contributed by atoms with Crippen molar-refractivity contribution in [3.8, 4) is 5.75 Å². The zero-order valence-corrected chi connectivity index (χ0v) is 14.2. The lowest BCUT2D eigenvalue weighted by Gasteiger charge is -2.35. The van der Waals surface area contributed by atoms with Crippen LogP contribution in [0.1, 0.15) is 12.0 Å². The number of anilines is 1. The number of rotatable bonds is 4. The van der Waals surface area contributed by atoms with Crippen molar-refractivity contribution in [2.45, 2.75) is 13.0 Å². The van der Waals surface area contributed by atoms with Crippen LogP contribution in [0.25, 0.3) is 0 Å². The lowest BCUT2D eigenvalue weighted by molar-refractivity contribution is 0.104. The van der Waals surface area contributed by atoms with Crippen LogP contribution in [0, 0.1) is 5.82 Å². The summed E-state index contributed by atoms with van der Waals surface area (Å²) in [7, 11) is 1.59. The Morgan fingerprint density at radius 3 is 2.84 bits per heavy atom. The number of nitrogens with one attached hydrogen (secondary N) is 1. The summed E-state index contributed by atoms with van der Waals surface area (Å²) in [6.45, 7) is 2.50. The fourth-order valence-electron chi connectivity index (χ4n) is 2.93. The number of benzene rings is 2. The number of halogens is 1. The van der Waals surface area contributed by atoms with Gasteiger partial charge in [0, 0.05) is 37.0 Å². The van der Waals surface area contributed by atoms with Gasteiger partial charge < -0.3 is 15.0 Å². The number of methoxy groups -OCH3 is 1. The number of nitrogens with zero attached hydrogens (tertiary/aromatic N) is 2. The maximum Gasteiger partial charge on any atom is 0.322 e. The third-order valence-corrected chi connectivity index (χ3v) is 4.23. The molecule has 0 aliphatic carbocycles. The molecule has 1 N–H and O–H groups in total. The molecule has 3 rings (SSSR count). The van der Waals surface area contributed by atoms with Crippen LogP contribution >= 0.6 is 0 Å². The van der Waals surface area contributed by atoms with Gasteiger partial charge in [0.25, 0.3) is 0 Å². The normalized spacial score (nSPS) is 15.0. The summed E-state index contributed by atoms with van der Waals surface area (Å²) >= 11 is 0. The first-order valence-electron chi connectivity index (χ1n) is 8.31. The van der Waals surface area contributed by atoms with Crippen LogP contribution < -0.4 is 10.1 Å². The molecule has 0 radical (unpaired) electrons. The fraction of sp³-hybridized carbons (Fsp3) is 0.316. The van der Waals surface area contributed by atoms with Gasteiger partial charge in [-0.25, -0.2) is 9.18 Å². The highest BCUT2D eigenvalue weighted by molar-refractivity contribution is 5.89. The predicted molar refractivity (Wildman–Crippen MR) is 95.0 cm³/mol. The first-order chi connectivity index (χ1) is 12.2. The second-order valence-electron chi connectivity index (χ2n) is 6.06. The third-order valence-electron chi connectivity index (χ3n) is 4.23. The fourth-order valence-corrected chi connectivity index (χ4v) is 2.93. The van der Waals surface area contributed by atoms with Crippen LogP contribution in [0.4, 0.5) is 14.9 Å². The second-order valence-corrected chi connectivity index (χ2v) is 6.06. The highest BCUT2D eigenvalue weighted by Crippen LogP contribution is 2.18. The Kier molecular flexibility index (Phi) is 5.50. The molecule has 2 aromatic rings. The number of urea groups is 1. The molecule has 1 aliphatic rings. The Morgan fingerprint density at radius 2 is 2.04 bits per heavy atom. The Bertz CT molecular complexity index is 738. The molecule has 2 aromatic carbocycles. The number of ether oxygens (including phenoxy) is 1. The SMILES string of the molecule is COc1cccc(NC(=O)N2CCCN(Cc3ccccc3F)C2)c1. The van der Waals surface area contributed by atoms with E-state index in [9.17, 15) is 9.18 Å². The minimum Gasteiger partial charge on any atom is -0.497 e. The zero-order valence-electron chi connectivity index (χ0n) is 14.2. The largest absolute Gasteiger partial charge is 0.497 e. The average Bonchev–Trinajstić information content (AvgIpc) is 2.64. The van der Waals surface area contributed by atoms with E-state index in [0.29, 0.717) is 36.8 Å². The van der Waals surface area contributed by atoms with Crippen LogP contribution in [0.3, 0.4) is 0 Å². The predicted octanol–water partition coefficient (Wildman–Crippen LogP) is 3.53. The van der Waals surface area contributed by atoms with Crippen LogP contribution in [0.15, 0.2) is 48.5 Å². The summed E-state index contributed by atoms with van der Waals surface area (Å²) in [5, 5.41) is 2.89. The van der Waals surface area contributed by atoms with E-state index in [4.69, 9.17) is 4.74 Å². The van der Waals surface area contributed by atoms with Crippen LogP contribution in [0.2, 0.25) is 0 Å². The van der Waals surface area contributed by atoms with Crippen molar-refractivity contribution in [1.29, 1.82) is 0 Å². The van der Waals surface area contributed by atoms with Gasteiger partial charge in [0.1, 0.15) is 11.6 Å². The molecule has 0 atom stereocenters. The van der Waals surface area contributed by atoms with Crippen molar-refractivity contribution < 1.29 is 13.9 Å². The van der Waals surface area contributed by atoms with Crippen molar-refractivity contribution >= 4 is 11.7 Å². The van der Waals surface area contributed by atoms with Gasteiger partial charge in [-0.05, 0) is 24.6 Å². The molecule has 1 fully saturated rings. The van der Waals surface area contributed by atoms with Crippen LogP contribution in [-0.4, -0.2) is 42.7 Å². The molecule has 0 aromatic heterocycles. The van der Waals surface area contributed by atoms with Gasteiger partial charge in [0.05, 0.1) is 13.8 Å². The lowest BCUT2D eigenvalue weighted by Crippen LogP contribution is -2.48. The van der Waals surface area contributed by atoms with E-state index in [2.05, 4.69) is 10.2 Å². The molecule has 25 heavy (non-hydrogen) atoms. The van der Waals surface area contributed by atoms with Crippen LogP contribution in [-0.2, 0) is 6.54 Å². The van der Waals surface area contributed by atoms with Gasteiger partial charge in [-0.15, -0.1) is 0 Å². The quantitative estimate of drug-likeness (QED) is 0.924. The molecule has 6 heteroatoms. The van der Waals surface area contributed by atoms with E-state index in [1.54, 1.807) is 30.2 Å². The van der Waals surface area contributed by atoms with E-state index in [1.165, 1.54) is 6.07 Å². The van der Waals surface area contributed by atoms with Crippen molar-refractivity contribution in [1.82, 2.24) is 9.80 Å². The molecule has 2 amide bonds. The van der Waals surface area contributed by atoms with E-state index < -0.39 is 0 Å². The topological polar surface area (TPSA) is 44.8 Å². The van der Waals surface area contributed by atoms with E-state index >= 15 is 0 Å². The van der Waals surface area contributed by atoms with Crippen molar-refractivity contribution in [2.75, 3.05) is 32.2 Å². The molecule has 0 unspecified atom stereocenters. The van der Waals surface area contributed by atoms with Crippen molar-refractivity contribution in [3.05, 3.63) is 59.9 Å². The molecule has 0 spiro atoms. The maximum absolute atomic E-state index is 13.8. The highest BCUT2D eigenvalue weighted by Gasteiger charge is 2.22. The summed E-state index contributed by atoms with van der Waals surface area (Å²) < 4.78 is 19.0. The van der Waals surface area contributed by atoms with E-state index in [-0.39, 0.29) is 11.8 Å². The lowest BCUT2D eigenvalue weighted by atomic mass is 10.2. The average molecular weight is 343 g/mol.